The van der Waals surface area contributed by atoms with Crippen molar-refractivity contribution in [2.75, 3.05) is 23.3 Å². The molecule has 1 atom stereocenters. The van der Waals surface area contributed by atoms with Crippen molar-refractivity contribution in [1.82, 2.24) is 9.97 Å². The Kier molecular flexibility index (Phi) is 7.50. The second-order valence-electron chi connectivity index (χ2n) is 6.61. The molecule has 0 fully saturated rings. The Morgan fingerprint density at radius 1 is 1.13 bits per heavy atom. The third-order valence-corrected chi connectivity index (χ3v) is 4.43. The summed E-state index contributed by atoms with van der Waals surface area (Å²) in [6.07, 6.45) is 0.294. The SMILES string of the molecule is Nc1nc(N)c(CCCNc2ccc(C(=O)C(CCC(=O)O)C(=O)O)cc2)c(=O)[nH]1. The molecule has 1 aromatic heterocycles. The molecule has 0 aliphatic rings. The van der Waals surface area contributed by atoms with E-state index >= 15 is 0 Å². The molecule has 1 heterocycles. The standard InChI is InChI=1S/C19H23N5O6/c20-16-13(17(28)24-19(21)23-16)2-1-9-22-11-5-3-10(4-6-11)15(27)12(18(29)30)7-8-14(25)26/h3-6,12,22H,1-2,7-9H2,(H,25,26)(H,29,30)(H5,20,21,23,24,28). The number of carbonyl (C=O) groups excluding carboxylic acids is 1. The molecule has 1 aromatic carbocycles. The van der Waals surface area contributed by atoms with E-state index in [2.05, 4.69) is 15.3 Å². The molecular formula is C19H23N5O6. The van der Waals surface area contributed by atoms with Crippen LogP contribution in [0.3, 0.4) is 0 Å². The molecular weight excluding hydrogens is 394 g/mol. The third kappa shape index (κ3) is 6.06. The number of Topliss-reactive ketones (excluding diaryl/α,β-unsaturated/α-hetero) is 1. The average Bonchev–Trinajstić information content (AvgIpc) is 2.66. The number of nitrogens with zero attached hydrogens (tertiary/aromatic N) is 1. The summed E-state index contributed by atoms with van der Waals surface area (Å²) in [5.74, 6) is -4.50. The van der Waals surface area contributed by atoms with Crippen molar-refractivity contribution < 1.29 is 24.6 Å². The molecule has 0 saturated carbocycles. The van der Waals surface area contributed by atoms with Crippen LogP contribution < -0.4 is 22.3 Å². The maximum Gasteiger partial charge on any atom is 0.314 e. The molecule has 160 valence electrons. The zero-order chi connectivity index (χ0) is 22.3. The Labute approximate surface area is 171 Å². The van der Waals surface area contributed by atoms with Gasteiger partial charge in [-0.2, -0.15) is 4.98 Å². The number of nitrogens with two attached hydrogens (primary N) is 2. The summed E-state index contributed by atoms with van der Waals surface area (Å²) >= 11 is 0. The predicted molar refractivity (Wildman–Crippen MR) is 109 cm³/mol. The van der Waals surface area contributed by atoms with E-state index in [9.17, 15) is 24.3 Å². The van der Waals surface area contributed by atoms with Crippen molar-refractivity contribution in [3.05, 3.63) is 45.7 Å². The van der Waals surface area contributed by atoms with Crippen LogP contribution >= 0.6 is 0 Å². The van der Waals surface area contributed by atoms with E-state index in [4.69, 9.17) is 16.6 Å². The lowest BCUT2D eigenvalue weighted by Crippen LogP contribution is -2.24. The van der Waals surface area contributed by atoms with E-state index in [1.165, 1.54) is 12.1 Å². The van der Waals surface area contributed by atoms with Crippen molar-refractivity contribution in [3.63, 3.8) is 0 Å². The van der Waals surface area contributed by atoms with Gasteiger partial charge in [0.15, 0.2) is 5.78 Å². The molecule has 0 amide bonds. The first kappa shape index (κ1) is 22.4. The van der Waals surface area contributed by atoms with Crippen LogP contribution in [0, 0.1) is 5.92 Å². The quantitative estimate of drug-likeness (QED) is 0.172. The van der Waals surface area contributed by atoms with Gasteiger partial charge in [-0.05, 0) is 43.5 Å². The second kappa shape index (κ2) is 10.0. The fraction of sp³-hybridized carbons (Fsp3) is 0.316. The summed E-state index contributed by atoms with van der Waals surface area (Å²) in [5.41, 5.74) is 12.0. The lowest BCUT2D eigenvalue weighted by molar-refractivity contribution is -0.141. The van der Waals surface area contributed by atoms with E-state index in [0.29, 0.717) is 30.6 Å². The van der Waals surface area contributed by atoms with Gasteiger partial charge in [0.1, 0.15) is 11.7 Å². The molecule has 11 heteroatoms. The van der Waals surface area contributed by atoms with E-state index in [1.54, 1.807) is 12.1 Å². The number of anilines is 3. The second-order valence-corrected chi connectivity index (χ2v) is 6.61. The highest BCUT2D eigenvalue weighted by Gasteiger charge is 2.27. The normalized spacial score (nSPS) is 11.6. The van der Waals surface area contributed by atoms with E-state index < -0.39 is 30.1 Å². The molecule has 0 saturated heterocycles. The van der Waals surface area contributed by atoms with Crippen molar-refractivity contribution in [3.8, 4) is 0 Å². The van der Waals surface area contributed by atoms with Gasteiger partial charge in [0.2, 0.25) is 5.95 Å². The minimum absolute atomic E-state index is 0.0397. The fourth-order valence-electron chi connectivity index (χ4n) is 2.86. The monoisotopic (exact) mass is 417 g/mol. The molecule has 0 aliphatic heterocycles. The Morgan fingerprint density at radius 3 is 2.37 bits per heavy atom. The maximum absolute atomic E-state index is 12.4. The van der Waals surface area contributed by atoms with Crippen LogP contribution in [-0.2, 0) is 16.0 Å². The third-order valence-electron chi connectivity index (χ3n) is 4.43. The summed E-state index contributed by atoms with van der Waals surface area (Å²) < 4.78 is 0. The van der Waals surface area contributed by atoms with Gasteiger partial charge < -0.3 is 27.0 Å². The Morgan fingerprint density at radius 2 is 1.80 bits per heavy atom. The van der Waals surface area contributed by atoms with Crippen molar-refractivity contribution >= 4 is 35.2 Å². The van der Waals surface area contributed by atoms with E-state index in [1.807, 2.05) is 0 Å². The molecule has 30 heavy (non-hydrogen) atoms. The lowest BCUT2D eigenvalue weighted by atomic mass is 9.93. The van der Waals surface area contributed by atoms with Crippen LogP contribution in [-0.4, -0.2) is 44.4 Å². The van der Waals surface area contributed by atoms with Gasteiger partial charge in [-0.1, -0.05) is 0 Å². The minimum atomic E-state index is -1.41. The number of carboxylic acids is 2. The maximum atomic E-state index is 12.4. The first-order chi connectivity index (χ1) is 14.2. The first-order valence-corrected chi connectivity index (χ1v) is 9.16. The number of hydrogen-bond donors (Lipinski definition) is 6. The van der Waals surface area contributed by atoms with Gasteiger partial charge in [-0.3, -0.25) is 24.2 Å². The van der Waals surface area contributed by atoms with E-state index in [0.717, 1.165) is 0 Å². The summed E-state index contributed by atoms with van der Waals surface area (Å²) in [5, 5.41) is 21.0. The number of ketones is 1. The summed E-state index contributed by atoms with van der Waals surface area (Å²) in [4.78, 5) is 52.3. The highest BCUT2D eigenvalue weighted by Crippen LogP contribution is 2.18. The topological polar surface area (TPSA) is 201 Å². The molecule has 2 aromatic rings. The van der Waals surface area contributed by atoms with E-state index in [-0.39, 0.29) is 29.3 Å². The number of benzene rings is 1. The number of nitrogen functional groups attached to an aromatic ring is 2. The van der Waals surface area contributed by atoms with Gasteiger partial charge in [0, 0.05) is 24.2 Å². The van der Waals surface area contributed by atoms with Crippen LogP contribution in [0.5, 0.6) is 0 Å². The summed E-state index contributed by atoms with van der Waals surface area (Å²) in [6, 6.07) is 6.20. The number of H-pyrrole nitrogens is 1. The van der Waals surface area contributed by atoms with Gasteiger partial charge in [-0.25, -0.2) is 0 Å². The van der Waals surface area contributed by atoms with Crippen LogP contribution in [0.4, 0.5) is 17.5 Å². The largest absolute Gasteiger partial charge is 0.481 e. The Balaban J connectivity index is 1.91. The van der Waals surface area contributed by atoms with Gasteiger partial charge >= 0.3 is 11.9 Å². The smallest absolute Gasteiger partial charge is 0.314 e. The number of carboxylic acid groups (broad SMARTS) is 2. The van der Waals surface area contributed by atoms with Crippen molar-refractivity contribution in [2.24, 2.45) is 5.92 Å². The number of nitrogens with one attached hydrogen (secondary N) is 2. The molecule has 0 spiro atoms. The number of aromatic nitrogens is 2. The molecule has 8 N–H and O–H groups in total. The average molecular weight is 417 g/mol. The zero-order valence-electron chi connectivity index (χ0n) is 16.1. The van der Waals surface area contributed by atoms with Crippen LogP contribution in [0.15, 0.2) is 29.1 Å². The van der Waals surface area contributed by atoms with Crippen molar-refractivity contribution in [1.29, 1.82) is 0 Å². The zero-order valence-corrected chi connectivity index (χ0v) is 16.1. The Bertz CT molecular complexity index is 986. The first-order valence-electron chi connectivity index (χ1n) is 9.16. The van der Waals surface area contributed by atoms with Gasteiger partial charge in [-0.15, -0.1) is 0 Å². The van der Waals surface area contributed by atoms with Crippen molar-refractivity contribution in [2.45, 2.75) is 25.7 Å². The molecule has 0 aliphatic carbocycles. The Hall–Kier alpha value is -3.89. The predicted octanol–water partition coefficient (Wildman–Crippen LogP) is 0.727. The van der Waals surface area contributed by atoms with Crippen LogP contribution in [0.25, 0.3) is 0 Å². The fourth-order valence-corrected chi connectivity index (χ4v) is 2.86. The lowest BCUT2D eigenvalue weighted by Gasteiger charge is -2.11. The molecule has 0 radical (unpaired) electrons. The highest BCUT2D eigenvalue weighted by atomic mass is 16.4. The highest BCUT2D eigenvalue weighted by molar-refractivity contribution is 6.08. The number of aromatic amines is 1. The van der Waals surface area contributed by atoms with Crippen LogP contribution in [0.1, 0.15) is 35.2 Å². The number of rotatable bonds is 11. The van der Waals surface area contributed by atoms with Gasteiger partial charge in [0.05, 0.1) is 5.56 Å². The number of hydrogen-bond acceptors (Lipinski definition) is 8. The summed E-state index contributed by atoms with van der Waals surface area (Å²) in [7, 11) is 0. The summed E-state index contributed by atoms with van der Waals surface area (Å²) in [6.45, 7) is 0.507. The minimum Gasteiger partial charge on any atom is -0.481 e. The van der Waals surface area contributed by atoms with Crippen LogP contribution in [0.2, 0.25) is 0 Å². The molecule has 0 bridgehead atoms. The number of carbonyl (C=O) groups is 3. The molecule has 2 rings (SSSR count). The van der Waals surface area contributed by atoms with Gasteiger partial charge in [0.25, 0.3) is 5.56 Å². The molecule has 1 unspecified atom stereocenters. The molecule has 11 nitrogen and oxygen atoms in total. The number of aliphatic carboxylic acids is 2.